The van der Waals surface area contributed by atoms with Crippen LogP contribution in [0.1, 0.15) is 5.56 Å². The molecule has 22 heavy (non-hydrogen) atoms. The van der Waals surface area contributed by atoms with Crippen LogP contribution >= 0.6 is 0 Å². The van der Waals surface area contributed by atoms with Gasteiger partial charge in [0, 0.05) is 10.8 Å². The molecule has 2 N–H and O–H groups in total. The summed E-state index contributed by atoms with van der Waals surface area (Å²) in [6.45, 7) is 0.805. The molecule has 0 amide bonds. The van der Waals surface area contributed by atoms with Crippen molar-refractivity contribution in [1.82, 2.24) is 0 Å². The van der Waals surface area contributed by atoms with Crippen molar-refractivity contribution >= 4 is 27.5 Å². The molecule has 2 heteroatoms. The van der Waals surface area contributed by atoms with Gasteiger partial charge in [0.25, 0.3) is 5.82 Å². The Morgan fingerprint density at radius 2 is 1.27 bits per heavy atom. The van der Waals surface area contributed by atoms with Crippen LogP contribution in [0.25, 0.3) is 21.7 Å². The summed E-state index contributed by atoms with van der Waals surface area (Å²) in [5.74, 6) is 1.07. The van der Waals surface area contributed by atoms with Gasteiger partial charge in [-0.25, -0.2) is 4.98 Å². The lowest BCUT2D eigenvalue weighted by Gasteiger charge is -2.06. The summed E-state index contributed by atoms with van der Waals surface area (Å²) in [6, 6.07) is 27.4. The second-order valence-corrected chi connectivity index (χ2v) is 5.43. The summed E-state index contributed by atoms with van der Waals surface area (Å²) in [4.78, 5) is 3.53. The number of fused-ring (bicyclic) bond motifs is 3. The highest BCUT2D eigenvalue weighted by atomic mass is 15.0. The maximum Gasteiger partial charge on any atom is 0.280 e. The quantitative estimate of drug-likeness (QED) is 0.554. The van der Waals surface area contributed by atoms with Crippen molar-refractivity contribution in [3.63, 3.8) is 0 Å². The Morgan fingerprint density at radius 1 is 0.636 bits per heavy atom. The third-order valence-corrected chi connectivity index (χ3v) is 3.99. The van der Waals surface area contributed by atoms with Crippen LogP contribution in [0.3, 0.4) is 0 Å². The Bertz CT molecular complexity index is 930. The number of hydrogen-bond donors (Lipinski definition) is 1. The first-order valence-electron chi connectivity index (χ1n) is 7.52. The number of benzene rings is 3. The fourth-order valence-electron chi connectivity index (χ4n) is 2.89. The molecule has 1 heterocycles. The minimum absolute atomic E-state index is 0.805. The molecule has 106 valence electrons. The normalized spacial score (nSPS) is 10.9. The summed E-state index contributed by atoms with van der Waals surface area (Å²) in [5, 5.41) is 7.28. The standard InChI is InChI=1S/C20H16N2/c1-2-8-15(9-3-1)14-21-20-18-12-5-4-10-16(18)17-11-6-7-13-19(17)22-20/h1-13H,14H2,(H,21,22)/p+1. The van der Waals surface area contributed by atoms with Gasteiger partial charge in [0.2, 0.25) is 0 Å². The smallest absolute Gasteiger partial charge is 0.270 e. The van der Waals surface area contributed by atoms with E-state index in [0.717, 1.165) is 17.9 Å². The summed E-state index contributed by atoms with van der Waals surface area (Å²) in [7, 11) is 0. The van der Waals surface area contributed by atoms with E-state index in [-0.39, 0.29) is 0 Å². The van der Waals surface area contributed by atoms with Crippen LogP contribution in [0.15, 0.2) is 78.9 Å². The average molecular weight is 285 g/mol. The first-order chi connectivity index (χ1) is 10.9. The number of nitrogens with one attached hydrogen (secondary N) is 2. The predicted molar refractivity (Wildman–Crippen MR) is 91.8 cm³/mol. The van der Waals surface area contributed by atoms with Crippen LogP contribution in [0.4, 0.5) is 5.82 Å². The number of anilines is 1. The molecule has 0 unspecified atom stereocenters. The van der Waals surface area contributed by atoms with Crippen molar-refractivity contribution in [3.05, 3.63) is 84.4 Å². The zero-order valence-electron chi connectivity index (χ0n) is 12.2. The van der Waals surface area contributed by atoms with Crippen molar-refractivity contribution < 1.29 is 4.98 Å². The highest BCUT2D eigenvalue weighted by Crippen LogP contribution is 2.26. The van der Waals surface area contributed by atoms with Gasteiger partial charge < -0.3 is 0 Å². The van der Waals surface area contributed by atoms with Crippen LogP contribution in [-0.4, -0.2) is 0 Å². The van der Waals surface area contributed by atoms with E-state index in [0.29, 0.717) is 0 Å². The minimum Gasteiger partial charge on any atom is -0.270 e. The van der Waals surface area contributed by atoms with Crippen molar-refractivity contribution in [3.8, 4) is 0 Å². The molecule has 0 aliphatic rings. The molecule has 0 saturated heterocycles. The number of para-hydroxylation sites is 1. The van der Waals surface area contributed by atoms with Gasteiger partial charge in [-0.15, -0.1) is 0 Å². The molecule has 0 spiro atoms. The molecular formula is C20H17N2+. The van der Waals surface area contributed by atoms with E-state index in [1.54, 1.807) is 0 Å². The Morgan fingerprint density at radius 3 is 2.09 bits per heavy atom. The highest BCUT2D eigenvalue weighted by Gasteiger charge is 2.12. The van der Waals surface area contributed by atoms with Crippen molar-refractivity contribution in [2.75, 3.05) is 5.32 Å². The largest absolute Gasteiger partial charge is 0.280 e. The molecule has 0 bridgehead atoms. The SMILES string of the molecule is c1ccc(CNc2[nH+]c3ccccc3c3ccccc23)cc1. The van der Waals surface area contributed by atoms with Gasteiger partial charge in [-0.05, 0) is 17.7 Å². The lowest BCUT2D eigenvalue weighted by atomic mass is 10.1. The Labute approximate surface area is 129 Å². The molecule has 2 nitrogen and oxygen atoms in total. The van der Waals surface area contributed by atoms with E-state index >= 15 is 0 Å². The van der Waals surface area contributed by atoms with Crippen molar-refractivity contribution in [2.24, 2.45) is 0 Å². The van der Waals surface area contributed by atoms with E-state index in [9.17, 15) is 0 Å². The first-order valence-corrected chi connectivity index (χ1v) is 7.52. The molecule has 0 radical (unpaired) electrons. The third-order valence-electron chi connectivity index (χ3n) is 3.99. The van der Waals surface area contributed by atoms with Crippen molar-refractivity contribution in [2.45, 2.75) is 6.54 Å². The van der Waals surface area contributed by atoms with Crippen LogP contribution in [0.2, 0.25) is 0 Å². The second-order valence-electron chi connectivity index (χ2n) is 5.43. The molecule has 4 aromatic rings. The van der Waals surface area contributed by atoms with Gasteiger partial charge in [-0.2, -0.15) is 0 Å². The Kier molecular flexibility index (Phi) is 3.20. The van der Waals surface area contributed by atoms with Gasteiger partial charge in [-0.3, -0.25) is 5.32 Å². The lowest BCUT2D eigenvalue weighted by molar-refractivity contribution is -0.325. The molecule has 0 aliphatic heterocycles. The lowest BCUT2D eigenvalue weighted by Crippen LogP contribution is -2.14. The number of H-pyrrole nitrogens is 1. The number of aromatic amines is 1. The van der Waals surface area contributed by atoms with Gasteiger partial charge >= 0.3 is 0 Å². The molecule has 0 aliphatic carbocycles. The fraction of sp³-hybridized carbons (Fsp3) is 0.0500. The summed E-state index contributed by atoms with van der Waals surface area (Å²) in [5.41, 5.74) is 2.42. The molecule has 0 fully saturated rings. The first kappa shape index (κ1) is 12.8. The van der Waals surface area contributed by atoms with E-state index in [1.165, 1.54) is 21.7 Å². The van der Waals surface area contributed by atoms with E-state index < -0.39 is 0 Å². The van der Waals surface area contributed by atoms with Gasteiger partial charge in [-0.1, -0.05) is 66.7 Å². The van der Waals surface area contributed by atoms with Gasteiger partial charge in [0.1, 0.15) is 12.1 Å². The van der Waals surface area contributed by atoms with Crippen molar-refractivity contribution in [1.29, 1.82) is 0 Å². The molecule has 4 rings (SSSR count). The maximum atomic E-state index is 3.54. The molecular weight excluding hydrogens is 268 g/mol. The fourth-order valence-corrected chi connectivity index (χ4v) is 2.89. The van der Waals surface area contributed by atoms with Crippen LogP contribution in [-0.2, 0) is 6.54 Å². The molecule has 0 atom stereocenters. The number of hydrogen-bond acceptors (Lipinski definition) is 1. The molecule has 3 aromatic carbocycles. The van der Waals surface area contributed by atoms with Crippen LogP contribution in [0.5, 0.6) is 0 Å². The number of aromatic nitrogens is 1. The van der Waals surface area contributed by atoms with E-state index in [4.69, 9.17) is 0 Å². The minimum atomic E-state index is 0.805. The summed E-state index contributed by atoms with van der Waals surface area (Å²) in [6.07, 6.45) is 0. The van der Waals surface area contributed by atoms with E-state index in [2.05, 4.69) is 83.1 Å². The van der Waals surface area contributed by atoms with Gasteiger partial charge in [0.15, 0.2) is 0 Å². The Hall–Kier alpha value is -2.87. The second kappa shape index (κ2) is 5.49. The highest BCUT2D eigenvalue weighted by molar-refractivity contribution is 6.07. The monoisotopic (exact) mass is 285 g/mol. The number of rotatable bonds is 3. The predicted octanol–water partition coefficient (Wildman–Crippen LogP) is 4.42. The third kappa shape index (κ3) is 2.29. The number of pyridine rings is 1. The average Bonchev–Trinajstić information content (AvgIpc) is 2.60. The van der Waals surface area contributed by atoms with Crippen LogP contribution in [0, 0.1) is 0 Å². The zero-order valence-corrected chi connectivity index (χ0v) is 12.2. The van der Waals surface area contributed by atoms with Gasteiger partial charge in [0.05, 0.1) is 5.39 Å². The zero-order chi connectivity index (χ0) is 14.8. The summed E-state index contributed by atoms with van der Waals surface area (Å²) >= 11 is 0. The van der Waals surface area contributed by atoms with E-state index in [1.807, 2.05) is 6.07 Å². The molecule has 0 saturated carbocycles. The Balaban J connectivity index is 1.81. The summed E-state index contributed by atoms with van der Waals surface area (Å²) < 4.78 is 0. The maximum absolute atomic E-state index is 3.54. The topological polar surface area (TPSA) is 26.2 Å². The molecule has 1 aromatic heterocycles. The van der Waals surface area contributed by atoms with Crippen LogP contribution < -0.4 is 10.3 Å².